The molecule has 1 aliphatic heterocycles. The van der Waals surface area contributed by atoms with Gasteiger partial charge in [-0.05, 0) is 54.8 Å². The molecule has 2 amide bonds. The van der Waals surface area contributed by atoms with Crippen molar-refractivity contribution in [3.05, 3.63) is 65.2 Å². The van der Waals surface area contributed by atoms with Crippen LogP contribution in [0.2, 0.25) is 0 Å². The Labute approximate surface area is 167 Å². The van der Waals surface area contributed by atoms with E-state index in [9.17, 15) is 18.4 Å². The van der Waals surface area contributed by atoms with Crippen LogP contribution < -0.4 is 15.4 Å². The van der Waals surface area contributed by atoms with Crippen LogP contribution in [0.4, 0.5) is 8.78 Å². The van der Waals surface area contributed by atoms with E-state index in [1.807, 2.05) is 0 Å². The predicted octanol–water partition coefficient (Wildman–Crippen LogP) is 2.74. The van der Waals surface area contributed by atoms with Gasteiger partial charge in [0.1, 0.15) is 18.4 Å². The van der Waals surface area contributed by atoms with Crippen molar-refractivity contribution >= 4 is 11.8 Å². The molecule has 2 unspecified atom stereocenters. The third kappa shape index (κ3) is 5.29. The molecule has 0 radical (unpaired) electrons. The van der Waals surface area contributed by atoms with Crippen LogP contribution >= 0.6 is 0 Å². The van der Waals surface area contributed by atoms with Crippen molar-refractivity contribution in [3.63, 3.8) is 0 Å². The average molecular weight is 404 g/mol. The van der Waals surface area contributed by atoms with Gasteiger partial charge in [0.15, 0.2) is 11.6 Å². The summed E-state index contributed by atoms with van der Waals surface area (Å²) in [6, 6.07) is 8.30. The van der Waals surface area contributed by atoms with Crippen LogP contribution in [0.3, 0.4) is 0 Å². The van der Waals surface area contributed by atoms with E-state index >= 15 is 0 Å². The standard InChI is InChI=1S/C21H22F2N2O4/c1-24-21(27)19(14-6-9-17(22)18(23)11-14)25-20(26)13-4-7-15(8-5-13)29-12-16-3-2-10-28-16/h4-9,11,16,19H,2-3,10,12H2,1H3,(H,24,27)(H,25,26). The van der Waals surface area contributed by atoms with Crippen molar-refractivity contribution < 1.29 is 27.8 Å². The van der Waals surface area contributed by atoms with Crippen LogP contribution in [0.15, 0.2) is 42.5 Å². The molecule has 0 saturated carbocycles. The van der Waals surface area contributed by atoms with Crippen LogP contribution in [-0.4, -0.2) is 38.2 Å². The Morgan fingerprint density at radius 1 is 1.17 bits per heavy atom. The minimum absolute atomic E-state index is 0.0856. The van der Waals surface area contributed by atoms with E-state index in [0.29, 0.717) is 17.9 Å². The van der Waals surface area contributed by atoms with Gasteiger partial charge in [-0.25, -0.2) is 8.78 Å². The summed E-state index contributed by atoms with van der Waals surface area (Å²) >= 11 is 0. The Balaban J connectivity index is 1.67. The van der Waals surface area contributed by atoms with Gasteiger partial charge in [-0.1, -0.05) is 6.07 Å². The van der Waals surface area contributed by atoms with Crippen LogP contribution in [0.5, 0.6) is 5.75 Å². The Bertz CT molecular complexity index is 867. The molecule has 2 N–H and O–H groups in total. The topological polar surface area (TPSA) is 76.7 Å². The highest BCUT2D eigenvalue weighted by Gasteiger charge is 2.24. The third-order valence-corrected chi connectivity index (χ3v) is 4.64. The highest BCUT2D eigenvalue weighted by atomic mass is 19.2. The summed E-state index contributed by atoms with van der Waals surface area (Å²) < 4.78 is 37.9. The fourth-order valence-corrected chi connectivity index (χ4v) is 3.02. The quantitative estimate of drug-likeness (QED) is 0.744. The average Bonchev–Trinajstić information content (AvgIpc) is 3.26. The predicted molar refractivity (Wildman–Crippen MR) is 102 cm³/mol. The number of hydrogen-bond acceptors (Lipinski definition) is 4. The van der Waals surface area contributed by atoms with Gasteiger partial charge in [0.05, 0.1) is 6.10 Å². The molecule has 1 fully saturated rings. The molecule has 1 heterocycles. The van der Waals surface area contributed by atoms with Gasteiger partial charge >= 0.3 is 0 Å². The molecular weight excluding hydrogens is 382 g/mol. The molecule has 0 spiro atoms. The summed E-state index contributed by atoms with van der Waals surface area (Å²) in [7, 11) is 1.39. The van der Waals surface area contributed by atoms with Crippen molar-refractivity contribution in [3.8, 4) is 5.75 Å². The fourth-order valence-electron chi connectivity index (χ4n) is 3.02. The molecule has 154 valence electrons. The van der Waals surface area contributed by atoms with Gasteiger partial charge in [-0.3, -0.25) is 9.59 Å². The number of hydrogen-bond donors (Lipinski definition) is 2. The normalized spacial score (nSPS) is 16.9. The molecule has 3 rings (SSSR count). The molecule has 6 nitrogen and oxygen atoms in total. The lowest BCUT2D eigenvalue weighted by Gasteiger charge is -2.18. The number of halogens is 2. The molecule has 1 saturated heterocycles. The second-order valence-corrected chi connectivity index (χ2v) is 6.66. The maximum Gasteiger partial charge on any atom is 0.252 e. The lowest BCUT2D eigenvalue weighted by molar-refractivity contribution is -0.122. The Kier molecular flexibility index (Phi) is 6.77. The molecule has 2 aromatic carbocycles. The highest BCUT2D eigenvalue weighted by molar-refractivity contribution is 5.97. The summed E-state index contributed by atoms with van der Waals surface area (Å²) in [5.41, 5.74) is 0.430. The van der Waals surface area contributed by atoms with Crippen LogP contribution in [0.1, 0.15) is 34.8 Å². The first-order valence-electron chi connectivity index (χ1n) is 9.30. The maximum absolute atomic E-state index is 13.6. The van der Waals surface area contributed by atoms with E-state index in [2.05, 4.69) is 10.6 Å². The van der Waals surface area contributed by atoms with E-state index in [0.717, 1.165) is 31.6 Å². The van der Waals surface area contributed by atoms with Gasteiger partial charge < -0.3 is 20.1 Å². The zero-order chi connectivity index (χ0) is 20.8. The summed E-state index contributed by atoms with van der Waals surface area (Å²) in [5.74, 6) is -2.62. The minimum Gasteiger partial charge on any atom is -0.491 e. The first-order chi connectivity index (χ1) is 14.0. The number of benzene rings is 2. The van der Waals surface area contributed by atoms with Crippen molar-refractivity contribution in [2.75, 3.05) is 20.3 Å². The molecule has 8 heteroatoms. The van der Waals surface area contributed by atoms with E-state index in [-0.39, 0.29) is 11.7 Å². The second-order valence-electron chi connectivity index (χ2n) is 6.66. The Morgan fingerprint density at radius 3 is 2.55 bits per heavy atom. The SMILES string of the molecule is CNC(=O)C(NC(=O)c1ccc(OCC2CCCO2)cc1)c1ccc(F)c(F)c1. The molecule has 0 bridgehead atoms. The molecule has 29 heavy (non-hydrogen) atoms. The van der Waals surface area contributed by atoms with Crippen molar-refractivity contribution in [1.82, 2.24) is 10.6 Å². The maximum atomic E-state index is 13.6. The summed E-state index contributed by atoms with van der Waals surface area (Å²) in [6.45, 7) is 1.19. The molecule has 2 aromatic rings. The number of carbonyl (C=O) groups is 2. The number of ether oxygens (including phenoxy) is 2. The number of carbonyl (C=O) groups excluding carboxylic acids is 2. The van der Waals surface area contributed by atoms with Gasteiger partial charge in [0.2, 0.25) is 5.91 Å². The molecule has 2 atom stereocenters. The van der Waals surface area contributed by atoms with Crippen molar-refractivity contribution in [2.24, 2.45) is 0 Å². The number of likely N-dealkylation sites (N-methyl/N-ethyl adjacent to an activating group) is 1. The smallest absolute Gasteiger partial charge is 0.252 e. The summed E-state index contributed by atoms with van der Waals surface area (Å²) in [6.07, 6.45) is 2.07. The van der Waals surface area contributed by atoms with Crippen molar-refractivity contribution in [2.45, 2.75) is 25.0 Å². The minimum atomic E-state index is -1.17. The Hall–Kier alpha value is -3.00. The monoisotopic (exact) mass is 404 g/mol. The first kappa shape index (κ1) is 20.7. The Morgan fingerprint density at radius 2 is 1.93 bits per heavy atom. The third-order valence-electron chi connectivity index (χ3n) is 4.64. The molecule has 0 aromatic heterocycles. The zero-order valence-electron chi connectivity index (χ0n) is 15.9. The highest BCUT2D eigenvalue weighted by Crippen LogP contribution is 2.19. The van der Waals surface area contributed by atoms with E-state index in [4.69, 9.17) is 9.47 Å². The van der Waals surface area contributed by atoms with Crippen molar-refractivity contribution in [1.29, 1.82) is 0 Å². The van der Waals surface area contributed by atoms with E-state index in [1.165, 1.54) is 13.1 Å². The largest absolute Gasteiger partial charge is 0.491 e. The summed E-state index contributed by atoms with van der Waals surface area (Å²) in [5, 5.41) is 4.95. The van der Waals surface area contributed by atoms with E-state index < -0.39 is 29.5 Å². The van der Waals surface area contributed by atoms with Gasteiger partial charge in [-0.15, -0.1) is 0 Å². The van der Waals surface area contributed by atoms with Crippen LogP contribution in [-0.2, 0) is 9.53 Å². The van der Waals surface area contributed by atoms with Gasteiger partial charge in [-0.2, -0.15) is 0 Å². The lowest BCUT2D eigenvalue weighted by atomic mass is 10.0. The zero-order valence-corrected chi connectivity index (χ0v) is 15.9. The number of nitrogens with one attached hydrogen (secondary N) is 2. The first-order valence-corrected chi connectivity index (χ1v) is 9.30. The molecular formula is C21H22F2N2O4. The van der Waals surface area contributed by atoms with Crippen LogP contribution in [0, 0.1) is 11.6 Å². The molecule has 0 aliphatic carbocycles. The van der Waals surface area contributed by atoms with E-state index in [1.54, 1.807) is 24.3 Å². The number of amides is 2. The van der Waals surface area contributed by atoms with Gasteiger partial charge in [0.25, 0.3) is 5.91 Å². The van der Waals surface area contributed by atoms with Gasteiger partial charge in [0, 0.05) is 19.2 Å². The second kappa shape index (κ2) is 9.47. The summed E-state index contributed by atoms with van der Waals surface area (Å²) in [4.78, 5) is 24.7. The molecule has 1 aliphatic rings. The number of rotatable bonds is 7. The lowest BCUT2D eigenvalue weighted by Crippen LogP contribution is -2.39. The fraction of sp³-hybridized carbons (Fsp3) is 0.333. The van der Waals surface area contributed by atoms with Crippen LogP contribution in [0.25, 0.3) is 0 Å².